The van der Waals surface area contributed by atoms with Crippen LogP contribution in [-0.2, 0) is 25.6 Å². The molecular formula is C18H26N4O6S3. The lowest BCUT2D eigenvalue weighted by Crippen LogP contribution is -2.58. The third kappa shape index (κ3) is 8.89. The van der Waals surface area contributed by atoms with Crippen molar-refractivity contribution in [2.24, 2.45) is 5.73 Å². The maximum Gasteiger partial charge on any atom is 0.326 e. The first-order chi connectivity index (χ1) is 14.6. The van der Waals surface area contributed by atoms with E-state index in [1.165, 1.54) is 24.3 Å². The Morgan fingerprint density at radius 3 is 1.68 bits per heavy atom. The fourth-order valence-electron chi connectivity index (χ4n) is 2.36. The molecule has 0 bridgehead atoms. The summed E-state index contributed by atoms with van der Waals surface area (Å²) < 4.78 is 0. The number of carbonyl (C=O) groups is 4. The molecule has 7 N–H and O–H groups in total. The number of benzene rings is 1. The summed E-state index contributed by atoms with van der Waals surface area (Å²) in [5, 5.41) is 25.9. The highest BCUT2D eigenvalue weighted by molar-refractivity contribution is 7.80. The highest BCUT2D eigenvalue weighted by Gasteiger charge is 2.29. The molecule has 1 aromatic carbocycles. The molecule has 0 heterocycles. The number of amides is 3. The Balaban J connectivity index is 2.78. The summed E-state index contributed by atoms with van der Waals surface area (Å²) in [6.07, 6.45) is -0.0362. The van der Waals surface area contributed by atoms with Crippen molar-refractivity contribution in [3.05, 3.63) is 29.8 Å². The van der Waals surface area contributed by atoms with Crippen molar-refractivity contribution in [1.29, 1.82) is 0 Å². The molecule has 0 saturated carbocycles. The lowest BCUT2D eigenvalue weighted by Gasteiger charge is -2.23. The molecule has 31 heavy (non-hydrogen) atoms. The van der Waals surface area contributed by atoms with Crippen molar-refractivity contribution in [3.63, 3.8) is 0 Å². The largest absolute Gasteiger partial charge is 0.508 e. The normalized spacial score (nSPS) is 14.6. The molecular weight excluding hydrogens is 464 g/mol. The molecule has 0 aliphatic rings. The second-order valence-electron chi connectivity index (χ2n) is 6.55. The zero-order valence-corrected chi connectivity index (χ0v) is 19.1. The number of nitrogens with two attached hydrogens (primary N) is 1. The van der Waals surface area contributed by atoms with Gasteiger partial charge in [0.05, 0.1) is 6.04 Å². The first-order valence-corrected chi connectivity index (χ1v) is 11.0. The third-order valence-electron chi connectivity index (χ3n) is 4.16. The van der Waals surface area contributed by atoms with Gasteiger partial charge in [0.2, 0.25) is 17.7 Å². The van der Waals surface area contributed by atoms with Crippen LogP contribution in [0.15, 0.2) is 24.3 Å². The Hall–Kier alpha value is -2.09. The SMILES string of the molecule is NC(CS)C(=O)NC(CS)C(=O)NC(CS)C(=O)NC(Cc1ccc(O)cc1)C(=O)O. The Bertz CT molecular complexity index is 780. The number of aromatic hydroxyl groups is 1. The number of thiol groups is 3. The van der Waals surface area contributed by atoms with Crippen LogP contribution in [0, 0.1) is 0 Å². The Kier molecular flexibility index (Phi) is 11.6. The van der Waals surface area contributed by atoms with Crippen molar-refractivity contribution >= 4 is 61.6 Å². The van der Waals surface area contributed by atoms with Crippen LogP contribution in [-0.4, -0.2) is 75.3 Å². The fourth-order valence-corrected chi connectivity index (χ4v) is 3.04. The highest BCUT2D eigenvalue weighted by Crippen LogP contribution is 2.11. The minimum absolute atomic E-state index is 0.0265. The summed E-state index contributed by atoms with van der Waals surface area (Å²) in [5.74, 6) is -3.41. The number of aliphatic carboxylic acids is 1. The summed E-state index contributed by atoms with van der Waals surface area (Å²) in [6, 6.07) is 1.45. The number of hydrogen-bond donors (Lipinski definition) is 9. The molecule has 13 heteroatoms. The smallest absolute Gasteiger partial charge is 0.326 e. The van der Waals surface area contributed by atoms with Crippen molar-refractivity contribution in [2.75, 3.05) is 17.3 Å². The van der Waals surface area contributed by atoms with Gasteiger partial charge in [-0.2, -0.15) is 37.9 Å². The van der Waals surface area contributed by atoms with E-state index in [9.17, 15) is 29.4 Å². The maximum atomic E-state index is 12.5. The van der Waals surface area contributed by atoms with Crippen LogP contribution in [0.3, 0.4) is 0 Å². The van der Waals surface area contributed by atoms with E-state index in [1.807, 2.05) is 0 Å². The number of nitrogens with one attached hydrogen (secondary N) is 3. The summed E-state index contributed by atoms with van der Waals surface area (Å²) >= 11 is 12.0. The van der Waals surface area contributed by atoms with Gasteiger partial charge in [-0.3, -0.25) is 14.4 Å². The predicted octanol–water partition coefficient (Wildman–Crippen LogP) is -1.41. The zero-order chi connectivity index (χ0) is 23.6. The number of phenols is 1. The number of carboxylic acids is 1. The molecule has 4 unspecified atom stereocenters. The maximum absolute atomic E-state index is 12.5. The van der Waals surface area contributed by atoms with Gasteiger partial charge in [-0.15, -0.1) is 0 Å². The van der Waals surface area contributed by atoms with Gasteiger partial charge in [0.15, 0.2) is 0 Å². The number of hydrogen-bond acceptors (Lipinski definition) is 9. The van der Waals surface area contributed by atoms with Gasteiger partial charge in [0, 0.05) is 23.7 Å². The van der Waals surface area contributed by atoms with E-state index in [0.29, 0.717) is 5.56 Å². The van der Waals surface area contributed by atoms with Crippen molar-refractivity contribution < 1.29 is 29.4 Å². The Morgan fingerprint density at radius 2 is 1.26 bits per heavy atom. The van der Waals surface area contributed by atoms with E-state index >= 15 is 0 Å². The van der Waals surface area contributed by atoms with Crippen molar-refractivity contribution in [1.82, 2.24) is 16.0 Å². The van der Waals surface area contributed by atoms with Crippen LogP contribution < -0.4 is 21.7 Å². The molecule has 0 aliphatic carbocycles. The van der Waals surface area contributed by atoms with Gasteiger partial charge in [0.25, 0.3) is 0 Å². The lowest BCUT2D eigenvalue weighted by molar-refractivity contribution is -0.142. The third-order valence-corrected chi connectivity index (χ3v) is 5.28. The van der Waals surface area contributed by atoms with Crippen LogP contribution >= 0.6 is 37.9 Å². The standard InChI is InChI=1S/C18H26N4O6S3/c19-11(6-29)15(24)21-13(7-30)17(26)22-14(8-31)16(25)20-12(18(27)28)5-9-1-3-10(23)4-2-9/h1-4,11-14,23,29-31H,5-8,19H2,(H,20,25)(H,21,24)(H,22,26)(H,27,28). The zero-order valence-electron chi connectivity index (χ0n) is 16.4. The van der Waals surface area contributed by atoms with Crippen molar-refractivity contribution in [3.8, 4) is 5.75 Å². The minimum Gasteiger partial charge on any atom is -0.508 e. The number of phenolic OH excluding ortho intramolecular Hbond substituents is 1. The average molecular weight is 491 g/mol. The van der Waals surface area contributed by atoms with Crippen LogP contribution in [0.25, 0.3) is 0 Å². The monoisotopic (exact) mass is 490 g/mol. The molecule has 0 radical (unpaired) electrons. The van der Waals surface area contributed by atoms with E-state index in [0.717, 1.165) is 0 Å². The summed E-state index contributed by atoms with van der Waals surface area (Å²) in [5.41, 5.74) is 6.14. The van der Waals surface area contributed by atoms with E-state index in [1.54, 1.807) is 0 Å². The second kappa shape index (κ2) is 13.3. The molecule has 4 atom stereocenters. The molecule has 0 aromatic heterocycles. The molecule has 0 fully saturated rings. The van der Waals surface area contributed by atoms with Gasteiger partial charge < -0.3 is 31.9 Å². The summed E-state index contributed by atoms with van der Waals surface area (Å²) in [7, 11) is 0. The van der Waals surface area contributed by atoms with E-state index in [2.05, 4.69) is 53.8 Å². The molecule has 10 nitrogen and oxygen atoms in total. The molecule has 1 aromatic rings. The van der Waals surface area contributed by atoms with Crippen molar-refractivity contribution in [2.45, 2.75) is 30.6 Å². The van der Waals surface area contributed by atoms with E-state index in [-0.39, 0.29) is 29.4 Å². The predicted molar refractivity (Wildman–Crippen MR) is 125 cm³/mol. The first-order valence-electron chi connectivity index (χ1n) is 9.12. The topological polar surface area (TPSA) is 171 Å². The Labute approximate surface area is 195 Å². The summed E-state index contributed by atoms with van der Waals surface area (Å²) in [6.45, 7) is 0. The molecule has 0 saturated heterocycles. The second-order valence-corrected chi connectivity index (χ2v) is 7.64. The number of rotatable bonds is 12. The Morgan fingerprint density at radius 1 is 0.806 bits per heavy atom. The van der Waals surface area contributed by atoms with Gasteiger partial charge in [-0.25, -0.2) is 4.79 Å². The molecule has 1 rings (SSSR count). The van der Waals surface area contributed by atoms with Crippen LogP contribution in [0.2, 0.25) is 0 Å². The summed E-state index contributed by atoms with van der Waals surface area (Å²) in [4.78, 5) is 48.4. The molecule has 3 amide bonds. The average Bonchev–Trinajstić information content (AvgIpc) is 2.75. The van der Waals surface area contributed by atoms with Crippen LogP contribution in [0.4, 0.5) is 0 Å². The van der Waals surface area contributed by atoms with E-state index in [4.69, 9.17) is 5.73 Å². The fraction of sp³-hybridized carbons (Fsp3) is 0.444. The highest BCUT2D eigenvalue weighted by atomic mass is 32.1. The first kappa shape index (κ1) is 26.9. The van der Waals surface area contributed by atoms with Gasteiger partial charge in [-0.1, -0.05) is 12.1 Å². The number of carboxylic acid groups (broad SMARTS) is 1. The van der Waals surface area contributed by atoms with Gasteiger partial charge >= 0.3 is 5.97 Å². The van der Waals surface area contributed by atoms with Gasteiger partial charge in [-0.05, 0) is 17.7 Å². The van der Waals surface area contributed by atoms with Crippen LogP contribution in [0.1, 0.15) is 5.56 Å². The molecule has 172 valence electrons. The lowest BCUT2D eigenvalue weighted by atomic mass is 10.1. The van der Waals surface area contributed by atoms with E-state index < -0.39 is 47.9 Å². The number of carbonyl (C=O) groups excluding carboxylic acids is 3. The molecule has 0 spiro atoms. The molecule has 0 aliphatic heterocycles. The quantitative estimate of drug-likeness (QED) is 0.162. The minimum atomic E-state index is -1.27. The van der Waals surface area contributed by atoms with Crippen LogP contribution in [0.5, 0.6) is 5.75 Å². The van der Waals surface area contributed by atoms with Gasteiger partial charge in [0.1, 0.15) is 23.9 Å².